The normalized spacial score (nSPS) is 18.1. The highest BCUT2D eigenvalue weighted by Gasteiger charge is 2.30. The molecule has 0 bridgehead atoms. The Kier molecular flexibility index (Phi) is 2.46. The molecule has 2 rings (SSSR count). The quantitative estimate of drug-likeness (QED) is 0.770. The Hall–Kier alpha value is -1.02. The van der Waals surface area contributed by atoms with Crippen LogP contribution >= 0.6 is 0 Å². The second-order valence-corrected chi connectivity index (χ2v) is 4.06. The fraction of sp³-hybridized carbons (Fsp3) is 0.500. The Morgan fingerprint density at radius 2 is 2.21 bits per heavy atom. The van der Waals surface area contributed by atoms with E-state index in [-0.39, 0.29) is 6.04 Å². The van der Waals surface area contributed by atoms with Gasteiger partial charge in [0.25, 0.3) is 0 Å². The minimum Gasteiger partial charge on any atom is -0.508 e. The summed E-state index contributed by atoms with van der Waals surface area (Å²) in [5.74, 6) is 1.03. The van der Waals surface area contributed by atoms with Gasteiger partial charge in [0.2, 0.25) is 0 Å². The maximum absolute atomic E-state index is 9.69. The summed E-state index contributed by atoms with van der Waals surface area (Å²) >= 11 is 0. The SMILES string of the molecule is CCc1c(O)cccc1C(N)C1CC1. The topological polar surface area (TPSA) is 46.2 Å². The first-order chi connectivity index (χ1) is 6.74. The molecule has 3 N–H and O–H groups in total. The van der Waals surface area contributed by atoms with Gasteiger partial charge < -0.3 is 10.8 Å². The first-order valence-corrected chi connectivity index (χ1v) is 5.30. The molecule has 0 aliphatic heterocycles. The highest BCUT2D eigenvalue weighted by Crippen LogP contribution is 2.41. The van der Waals surface area contributed by atoms with Crippen LogP contribution in [-0.4, -0.2) is 5.11 Å². The van der Waals surface area contributed by atoms with Crippen molar-refractivity contribution in [3.05, 3.63) is 29.3 Å². The van der Waals surface area contributed by atoms with Crippen molar-refractivity contribution in [2.24, 2.45) is 11.7 Å². The highest BCUT2D eigenvalue weighted by atomic mass is 16.3. The summed E-state index contributed by atoms with van der Waals surface area (Å²) in [4.78, 5) is 0. The summed E-state index contributed by atoms with van der Waals surface area (Å²) in [7, 11) is 0. The molecule has 0 aromatic heterocycles. The van der Waals surface area contributed by atoms with Crippen molar-refractivity contribution < 1.29 is 5.11 Å². The molecule has 0 amide bonds. The van der Waals surface area contributed by atoms with Crippen molar-refractivity contribution in [2.45, 2.75) is 32.2 Å². The predicted octanol–water partition coefficient (Wildman–Crippen LogP) is 2.36. The van der Waals surface area contributed by atoms with E-state index >= 15 is 0 Å². The van der Waals surface area contributed by atoms with Gasteiger partial charge in [-0.05, 0) is 42.4 Å². The molecule has 1 fully saturated rings. The van der Waals surface area contributed by atoms with E-state index in [2.05, 4.69) is 6.92 Å². The molecule has 0 saturated heterocycles. The van der Waals surface area contributed by atoms with Crippen molar-refractivity contribution in [1.82, 2.24) is 0 Å². The van der Waals surface area contributed by atoms with Crippen LogP contribution in [0.25, 0.3) is 0 Å². The summed E-state index contributed by atoms with van der Waals surface area (Å²) in [6, 6.07) is 5.78. The Bertz CT molecular complexity index is 331. The van der Waals surface area contributed by atoms with Crippen LogP contribution in [0.2, 0.25) is 0 Å². The lowest BCUT2D eigenvalue weighted by atomic mass is 9.95. The average Bonchev–Trinajstić information content (AvgIpc) is 2.99. The lowest BCUT2D eigenvalue weighted by Gasteiger charge is -2.16. The van der Waals surface area contributed by atoms with Gasteiger partial charge in [0.15, 0.2) is 0 Å². The summed E-state index contributed by atoms with van der Waals surface area (Å²) in [6.07, 6.45) is 3.32. The Balaban J connectivity index is 2.35. The molecular weight excluding hydrogens is 174 g/mol. The molecule has 2 nitrogen and oxygen atoms in total. The number of phenolic OH excluding ortho intramolecular Hbond substituents is 1. The number of aromatic hydroxyl groups is 1. The van der Waals surface area contributed by atoms with Gasteiger partial charge in [-0.1, -0.05) is 19.1 Å². The molecular formula is C12H17NO. The fourth-order valence-electron chi connectivity index (χ4n) is 2.00. The lowest BCUT2D eigenvalue weighted by Crippen LogP contribution is -2.14. The smallest absolute Gasteiger partial charge is 0.119 e. The summed E-state index contributed by atoms with van der Waals surface area (Å²) in [5.41, 5.74) is 8.29. The molecule has 14 heavy (non-hydrogen) atoms. The third-order valence-electron chi connectivity index (χ3n) is 3.03. The Labute approximate surface area is 84.7 Å². The Morgan fingerprint density at radius 3 is 2.79 bits per heavy atom. The van der Waals surface area contributed by atoms with Crippen LogP contribution in [0.3, 0.4) is 0 Å². The average molecular weight is 191 g/mol. The fourth-order valence-corrected chi connectivity index (χ4v) is 2.00. The second-order valence-electron chi connectivity index (χ2n) is 4.06. The van der Waals surface area contributed by atoms with E-state index in [0.29, 0.717) is 11.7 Å². The van der Waals surface area contributed by atoms with E-state index in [0.717, 1.165) is 17.5 Å². The molecule has 1 unspecified atom stereocenters. The van der Waals surface area contributed by atoms with Crippen molar-refractivity contribution in [2.75, 3.05) is 0 Å². The van der Waals surface area contributed by atoms with Crippen molar-refractivity contribution in [3.63, 3.8) is 0 Å². The first-order valence-electron chi connectivity index (χ1n) is 5.30. The van der Waals surface area contributed by atoms with Gasteiger partial charge in [0, 0.05) is 6.04 Å². The number of rotatable bonds is 3. The van der Waals surface area contributed by atoms with Crippen LogP contribution in [0.1, 0.15) is 36.9 Å². The molecule has 0 radical (unpaired) electrons. The van der Waals surface area contributed by atoms with Gasteiger partial charge in [-0.3, -0.25) is 0 Å². The standard InChI is InChI=1S/C12H17NO/c1-2-9-10(4-3-5-11(9)14)12(13)8-6-7-8/h3-5,8,12,14H,2,6-7,13H2,1H3. The molecule has 0 spiro atoms. The maximum atomic E-state index is 9.69. The van der Waals surface area contributed by atoms with Crippen LogP contribution in [0, 0.1) is 5.92 Å². The number of nitrogens with two attached hydrogens (primary N) is 1. The number of benzene rings is 1. The molecule has 1 atom stereocenters. The van der Waals surface area contributed by atoms with Crippen LogP contribution < -0.4 is 5.73 Å². The number of hydrogen-bond donors (Lipinski definition) is 2. The van der Waals surface area contributed by atoms with Crippen molar-refractivity contribution >= 4 is 0 Å². The summed E-state index contributed by atoms with van der Waals surface area (Å²) in [5, 5.41) is 9.69. The lowest BCUT2D eigenvalue weighted by molar-refractivity contribution is 0.465. The van der Waals surface area contributed by atoms with Crippen LogP contribution in [0.15, 0.2) is 18.2 Å². The first kappa shape index (κ1) is 9.53. The molecule has 1 saturated carbocycles. The van der Waals surface area contributed by atoms with E-state index < -0.39 is 0 Å². The van der Waals surface area contributed by atoms with E-state index in [4.69, 9.17) is 5.73 Å². The molecule has 1 aliphatic carbocycles. The zero-order valence-corrected chi connectivity index (χ0v) is 8.53. The summed E-state index contributed by atoms with van der Waals surface area (Å²) < 4.78 is 0. The van der Waals surface area contributed by atoms with Crippen molar-refractivity contribution in [3.8, 4) is 5.75 Å². The predicted molar refractivity (Wildman–Crippen MR) is 57.1 cm³/mol. The van der Waals surface area contributed by atoms with Crippen molar-refractivity contribution in [1.29, 1.82) is 0 Å². The van der Waals surface area contributed by atoms with E-state index in [1.165, 1.54) is 12.8 Å². The van der Waals surface area contributed by atoms with Crippen LogP contribution in [0.4, 0.5) is 0 Å². The van der Waals surface area contributed by atoms with Gasteiger partial charge in [0.05, 0.1) is 0 Å². The Morgan fingerprint density at radius 1 is 1.50 bits per heavy atom. The van der Waals surface area contributed by atoms with E-state index in [9.17, 15) is 5.11 Å². The van der Waals surface area contributed by atoms with E-state index in [1.807, 2.05) is 12.1 Å². The van der Waals surface area contributed by atoms with Gasteiger partial charge in [-0.2, -0.15) is 0 Å². The molecule has 0 heterocycles. The van der Waals surface area contributed by atoms with Crippen LogP contribution in [0.5, 0.6) is 5.75 Å². The van der Waals surface area contributed by atoms with Gasteiger partial charge >= 0.3 is 0 Å². The highest BCUT2D eigenvalue weighted by molar-refractivity contribution is 5.41. The molecule has 1 aliphatic rings. The van der Waals surface area contributed by atoms with Gasteiger partial charge in [-0.25, -0.2) is 0 Å². The third-order valence-corrected chi connectivity index (χ3v) is 3.03. The number of phenols is 1. The molecule has 1 aromatic rings. The summed E-state index contributed by atoms with van der Waals surface area (Å²) in [6.45, 7) is 2.05. The minimum absolute atomic E-state index is 0.122. The zero-order valence-electron chi connectivity index (χ0n) is 8.53. The molecule has 1 aromatic carbocycles. The van der Waals surface area contributed by atoms with Crippen LogP contribution in [-0.2, 0) is 6.42 Å². The van der Waals surface area contributed by atoms with E-state index in [1.54, 1.807) is 6.07 Å². The third kappa shape index (κ3) is 1.62. The second kappa shape index (κ2) is 3.62. The van der Waals surface area contributed by atoms with Gasteiger partial charge in [0.1, 0.15) is 5.75 Å². The molecule has 2 heteroatoms. The van der Waals surface area contributed by atoms with Gasteiger partial charge in [-0.15, -0.1) is 0 Å². The monoisotopic (exact) mass is 191 g/mol. The maximum Gasteiger partial charge on any atom is 0.119 e. The largest absolute Gasteiger partial charge is 0.508 e. The minimum atomic E-state index is 0.122. The molecule has 76 valence electrons. The zero-order chi connectivity index (χ0) is 10.1. The number of hydrogen-bond acceptors (Lipinski definition) is 2.